The fourth-order valence-electron chi connectivity index (χ4n) is 3.75. The standard InChI is InChI=1S/C21H21IN4S/c1-12-7-9-15(10-8-12)26-20(17-13(2)24-14(3)18(17)22)19(25-21(26)27)16-6-4-5-11-23-16/h4-11,19-20,24H,1-3H3,(H,25,27). The van der Waals surface area contributed by atoms with Gasteiger partial charge in [-0.3, -0.25) is 4.98 Å². The Hall–Kier alpha value is -1.93. The van der Waals surface area contributed by atoms with Crippen LogP contribution in [0.3, 0.4) is 0 Å². The lowest BCUT2D eigenvalue weighted by molar-refractivity contribution is 0.564. The van der Waals surface area contributed by atoms with Crippen LogP contribution in [0.25, 0.3) is 0 Å². The molecular weight excluding hydrogens is 467 g/mol. The lowest BCUT2D eigenvalue weighted by Gasteiger charge is -2.28. The number of aryl methyl sites for hydroxylation is 3. The highest BCUT2D eigenvalue weighted by Gasteiger charge is 2.42. The van der Waals surface area contributed by atoms with Gasteiger partial charge in [-0.05, 0) is 79.8 Å². The van der Waals surface area contributed by atoms with Crippen molar-refractivity contribution >= 4 is 45.6 Å². The second-order valence-corrected chi connectivity index (χ2v) is 8.40. The molecule has 0 amide bonds. The number of H-pyrrole nitrogens is 1. The van der Waals surface area contributed by atoms with Crippen LogP contribution in [0.15, 0.2) is 48.7 Å². The molecule has 3 heterocycles. The summed E-state index contributed by atoms with van der Waals surface area (Å²) in [5.41, 5.74) is 6.95. The zero-order valence-corrected chi connectivity index (χ0v) is 18.4. The smallest absolute Gasteiger partial charge is 0.174 e. The zero-order chi connectivity index (χ0) is 19.1. The first-order valence-electron chi connectivity index (χ1n) is 8.89. The maximum absolute atomic E-state index is 5.78. The predicted molar refractivity (Wildman–Crippen MR) is 122 cm³/mol. The quantitative estimate of drug-likeness (QED) is 0.397. The van der Waals surface area contributed by atoms with Gasteiger partial charge in [0.1, 0.15) is 0 Å². The Balaban J connectivity index is 1.89. The number of nitrogens with one attached hydrogen (secondary N) is 2. The van der Waals surface area contributed by atoms with Gasteiger partial charge in [-0.2, -0.15) is 0 Å². The van der Waals surface area contributed by atoms with Crippen LogP contribution < -0.4 is 10.2 Å². The summed E-state index contributed by atoms with van der Waals surface area (Å²) in [5, 5.41) is 4.25. The summed E-state index contributed by atoms with van der Waals surface area (Å²) < 4.78 is 1.25. The molecular formula is C21H21IN4S. The molecule has 1 saturated heterocycles. The second-order valence-electron chi connectivity index (χ2n) is 6.93. The van der Waals surface area contributed by atoms with E-state index >= 15 is 0 Å². The van der Waals surface area contributed by atoms with E-state index in [2.05, 4.69) is 93.9 Å². The number of pyridine rings is 1. The maximum atomic E-state index is 5.78. The van der Waals surface area contributed by atoms with Crippen molar-refractivity contribution in [2.45, 2.75) is 32.9 Å². The molecule has 1 aromatic carbocycles. The third-order valence-corrected chi connectivity index (χ3v) is 6.76. The number of hydrogen-bond acceptors (Lipinski definition) is 2. The minimum Gasteiger partial charge on any atom is -0.362 e. The zero-order valence-electron chi connectivity index (χ0n) is 15.5. The van der Waals surface area contributed by atoms with Crippen LogP contribution in [-0.4, -0.2) is 15.1 Å². The second kappa shape index (κ2) is 7.24. The highest BCUT2D eigenvalue weighted by Crippen LogP contribution is 2.44. The van der Waals surface area contributed by atoms with Gasteiger partial charge in [-0.15, -0.1) is 0 Å². The van der Waals surface area contributed by atoms with Crippen LogP contribution in [0.2, 0.25) is 0 Å². The van der Waals surface area contributed by atoms with Crippen LogP contribution in [0.1, 0.15) is 40.3 Å². The number of halogens is 1. The molecule has 0 spiro atoms. The van der Waals surface area contributed by atoms with E-state index in [9.17, 15) is 0 Å². The van der Waals surface area contributed by atoms with E-state index in [1.807, 2.05) is 18.3 Å². The van der Waals surface area contributed by atoms with Crippen molar-refractivity contribution in [3.63, 3.8) is 0 Å². The van der Waals surface area contributed by atoms with Gasteiger partial charge in [-0.1, -0.05) is 23.8 Å². The van der Waals surface area contributed by atoms with Crippen molar-refractivity contribution < 1.29 is 0 Å². The van der Waals surface area contributed by atoms with Crippen molar-refractivity contribution in [3.8, 4) is 0 Å². The normalized spacial score (nSPS) is 19.4. The average Bonchev–Trinajstić information content (AvgIpc) is 3.12. The summed E-state index contributed by atoms with van der Waals surface area (Å²) in [4.78, 5) is 10.3. The lowest BCUT2D eigenvalue weighted by atomic mass is 9.96. The van der Waals surface area contributed by atoms with Gasteiger partial charge in [0, 0.05) is 32.4 Å². The molecule has 0 saturated carbocycles. The molecule has 4 rings (SSSR count). The van der Waals surface area contributed by atoms with Crippen molar-refractivity contribution in [1.29, 1.82) is 0 Å². The number of hydrogen-bond donors (Lipinski definition) is 2. The molecule has 6 heteroatoms. The van der Waals surface area contributed by atoms with Gasteiger partial charge in [-0.25, -0.2) is 0 Å². The van der Waals surface area contributed by atoms with Gasteiger partial charge >= 0.3 is 0 Å². The Morgan fingerprint density at radius 2 is 1.78 bits per heavy atom. The number of aromatic nitrogens is 2. The highest BCUT2D eigenvalue weighted by molar-refractivity contribution is 14.1. The fourth-order valence-corrected chi connectivity index (χ4v) is 4.96. The number of aromatic amines is 1. The summed E-state index contributed by atoms with van der Waals surface area (Å²) in [6.07, 6.45) is 1.84. The Morgan fingerprint density at radius 1 is 1.04 bits per heavy atom. The SMILES string of the molecule is Cc1ccc(N2C(=S)NC(c3ccccn3)C2c2c(C)[nH]c(C)c2I)cc1. The van der Waals surface area contributed by atoms with E-state index in [4.69, 9.17) is 12.2 Å². The van der Waals surface area contributed by atoms with Crippen LogP contribution in [0.4, 0.5) is 5.69 Å². The average molecular weight is 488 g/mol. The molecule has 1 fully saturated rings. The Kier molecular flexibility index (Phi) is 4.94. The van der Waals surface area contributed by atoms with Crippen LogP contribution in [0, 0.1) is 24.3 Å². The minimum absolute atomic E-state index is 0.0116. The van der Waals surface area contributed by atoms with Crippen LogP contribution >= 0.6 is 34.8 Å². The molecule has 3 aromatic rings. The molecule has 2 N–H and O–H groups in total. The Labute approximate surface area is 178 Å². The summed E-state index contributed by atoms with van der Waals surface area (Å²) >= 11 is 8.21. The minimum atomic E-state index is -0.0116. The first-order valence-corrected chi connectivity index (χ1v) is 10.4. The topological polar surface area (TPSA) is 44.0 Å². The summed E-state index contributed by atoms with van der Waals surface area (Å²) in [7, 11) is 0. The summed E-state index contributed by atoms with van der Waals surface area (Å²) in [5.74, 6) is 0. The first kappa shape index (κ1) is 18.4. The van der Waals surface area contributed by atoms with E-state index in [1.54, 1.807) is 0 Å². The number of anilines is 1. The van der Waals surface area contributed by atoms with E-state index in [1.165, 1.54) is 26.1 Å². The summed E-state index contributed by atoms with van der Waals surface area (Å²) in [6.45, 7) is 6.35. The molecule has 2 aromatic heterocycles. The Morgan fingerprint density at radius 3 is 2.37 bits per heavy atom. The van der Waals surface area contributed by atoms with Gasteiger partial charge < -0.3 is 15.2 Å². The summed E-state index contributed by atoms with van der Waals surface area (Å²) in [6, 6.07) is 14.6. The van der Waals surface area contributed by atoms with Crippen molar-refractivity contribution in [2.24, 2.45) is 0 Å². The number of thiocarbonyl (C=S) groups is 1. The predicted octanol–water partition coefficient (Wildman–Crippen LogP) is 5.12. The molecule has 4 nitrogen and oxygen atoms in total. The van der Waals surface area contributed by atoms with E-state index in [0.29, 0.717) is 0 Å². The molecule has 1 aliphatic heterocycles. The van der Waals surface area contributed by atoms with Crippen molar-refractivity contribution in [1.82, 2.24) is 15.3 Å². The van der Waals surface area contributed by atoms with Crippen molar-refractivity contribution in [2.75, 3.05) is 4.90 Å². The van der Waals surface area contributed by atoms with Gasteiger partial charge in [0.25, 0.3) is 0 Å². The molecule has 0 aliphatic carbocycles. The number of nitrogens with zero attached hydrogens (tertiary/aromatic N) is 2. The largest absolute Gasteiger partial charge is 0.362 e. The highest BCUT2D eigenvalue weighted by atomic mass is 127. The van der Waals surface area contributed by atoms with E-state index < -0.39 is 0 Å². The molecule has 1 aliphatic rings. The van der Waals surface area contributed by atoms with E-state index in [-0.39, 0.29) is 12.1 Å². The maximum Gasteiger partial charge on any atom is 0.174 e. The monoisotopic (exact) mass is 488 g/mol. The molecule has 27 heavy (non-hydrogen) atoms. The lowest BCUT2D eigenvalue weighted by Crippen LogP contribution is -2.29. The van der Waals surface area contributed by atoms with Gasteiger partial charge in [0.15, 0.2) is 5.11 Å². The number of benzene rings is 1. The van der Waals surface area contributed by atoms with Crippen molar-refractivity contribution in [3.05, 3.63) is 80.4 Å². The number of rotatable bonds is 3. The molecule has 2 atom stereocenters. The van der Waals surface area contributed by atoms with Crippen LogP contribution in [-0.2, 0) is 0 Å². The third-order valence-electron chi connectivity index (χ3n) is 5.05. The van der Waals surface area contributed by atoms with Gasteiger partial charge in [0.2, 0.25) is 0 Å². The van der Waals surface area contributed by atoms with Gasteiger partial charge in [0.05, 0.1) is 17.8 Å². The molecule has 138 valence electrons. The van der Waals surface area contributed by atoms with E-state index in [0.717, 1.165) is 16.5 Å². The fraction of sp³-hybridized carbons (Fsp3) is 0.238. The first-order chi connectivity index (χ1) is 13.0. The molecule has 0 bridgehead atoms. The molecule has 0 radical (unpaired) electrons. The Bertz CT molecular complexity index is 981. The third kappa shape index (κ3) is 3.25. The van der Waals surface area contributed by atoms with Crippen LogP contribution in [0.5, 0.6) is 0 Å². The molecule has 2 unspecified atom stereocenters.